The summed E-state index contributed by atoms with van der Waals surface area (Å²) in [5.74, 6) is 0. The van der Waals surface area contributed by atoms with E-state index in [0.29, 0.717) is 6.04 Å². The van der Waals surface area contributed by atoms with E-state index in [-0.39, 0.29) is 6.04 Å². The summed E-state index contributed by atoms with van der Waals surface area (Å²) in [6.07, 6.45) is 2.96. The summed E-state index contributed by atoms with van der Waals surface area (Å²) >= 11 is 3.63. The van der Waals surface area contributed by atoms with Crippen LogP contribution in [0.1, 0.15) is 48.3 Å². The lowest BCUT2D eigenvalue weighted by Gasteiger charge is -2.18. The Morgan fingerprint density at radius 2 is 1.86 bits per heavy atom. The molecule has 114 valence electrons. The Labute approximate surface area is 135 Å². The maximum Gasteiger partial charge on any atom is 0.0643 e. The number of rotatable bonds is 5. The quantitative estimate of drug-likeness (QED) is 0.869. The van der Waals surface area contributed by atoms with Gasteiger partial charge in [0.05, 0.1) is 5.69 Å². The number of aryl methyl sites for hydroxylation is 2. The van der Waals surface area contributed by atoms with Crippen LogP contribution in [0.25, 0.3) is 0 Å². The fourth-order valence-electron chi connectivity index (χ4n) is 2.55. The molecule has 0 bridgehead atoms. The molecule has 21 heavy (non-hydrogen) atoms. The molecule has 2 aromatic rings. The highest BCUT2D eigenvalue weighted by molar-refractivity contribution is 9.10. The van der Waals surface area contributed by atoms with Crippen LogP contribution in [0.4, 0.5) is 0 Å². The van der Waals surface area contributed by atoms with Crippen molar-refractivity contribution in [2.24, 2.45) is 0 Å². The van der Waals surface area contributed by atoms with Gasteiger partial charge in [0.2, 0.25) is 0 Å². The van der Waals surface area contributed by atoms with Crippen LogP contribution in [0, 0.1) is 13.8 Å². The average molecular weight is 350 g/mol. The highest BCUT2D eigenvalue weighted by atomic mass is 79.9. The highest BCUT2D eigenvalue weighted by Crippen LogP contribution is 2.27. The first kappa shape index (κ1) is 16.2. The summed E-state index contributed by atoms with van der Waals surface area (Å²) in [6, 6.07) is 7.30. The molecule has 1 unspecified atom stereocenters. The molecule has 1 N–H and O–H groups in total. The van der Waals surface area contributed by atoms with Crippen LogP contribution in [-0.2, 0) is 6.42 Å². The second kappa shape index (κ2) is 6.75. The van der Waals surface area contributed by atoms with E-state index in [2.05, 4.69) is 78.4 Å². The van der Waals surface area contributed by atoms with Crippen LogP contribution >= 0.6 is 15.9 Å². The first-order valence-electron chi connectivity index (χ1n) is 7.40. The van der Waals surface area contributed by atoms with Gasteiger partial charge in [0.25, 0.3) is 0 Å². The van der Waals surface area contributed by atoms with E-state index in [1.165, 1.54) is 21.2 Å². The van der Waals surface area contributed by atoms with E-state index in [9.17, 15) is 0 Å². The molecule has 0 aliphatic rings. The zero-order valence-electron chi connectivity index (χ0n) is 13.4. The summed E-state index contributed by atoms with van der Waals surface area (Å²) in [5.41, 5.74) is 4.99. The minimum absolute atomic E-state index is 0.283. The minimum atomic E-state index is 0.283. The van der Waals surface area contributed by atoms with Crippen LogP contribution in [-0.4, -0.2) is 16.8 Å². The summed E-state index contributed by atoms with van der Waals surface area (Å²) in [5, 5.41) is 8.07. The van der Waals surface area contributed by atoms with Crippen LogP contribution < -0.4 is 5.32 Å². The maximum absolute atomic E-state index is 4.65. The molecule has 0 fully saturated rings. The van der Waals surface area contributed by atoms with E-state index < -0.39 is 0 Å². The number of nitrogens with one attached hydrogen (secondary N) is 1. The maximum atomic E-state index is 4.65. The van der Waals surface area contributed by atoms with Gasteiger partial charge < -0.3 is 5.32 Å². The molecule has 2 rings (SSSR count). The number of likely N-dealkylation sites (N-methyl/N-ethyl adjacent to an activating group) is 1. The smallest absolute Gasteiger partial charge is 0.0643 e. The van der Waals surface area contributed by atoms with Gasteiger partial charge in [-0.15, -0.1) is 0 Å². The van der Waals surface area contributed by atoms with Gasteiger partial charge in [-0.25, -0.2) is 0 Å². The molecule has 3 nitrogen and oxygen atoms in total. The molecule has 0 aliphatic carbocycles. The van der Waals surface area contributed by atoms with Crippen molar-refractivity contribution in [3.05, 3.63) is 51.3 Å². The van der Waals surface area contributed by atoms with E-state index in [1.807, 2.05) is 11.7 Å². The summed E-state index contributed by atoms with van der Waals surface area (Å²) in [4.78, 5) is 0. The highest BCUT2D eigenvalue weighted by Gasteiger charge is 2.14. The second-order valence-electron chi connectivity index (χ2n) is 5.89. The number of halogens is 1. The Hall–Kier alpha value is -1.13. The van der Waals surface area contributed by atoms with Crippen molar-refractivity contribution in [3.8, 4) is 0 Å². The molecule has 0 amide bonds. The molecule has 0 radical (unpaired) electrons. The predicted molar refractivity (Wildman–Crippen MR) is 91.7 cm³/mol. The topological polar surface area (TPSA) is 29.9 Å². The van der Waals surface area contributed by atoms with Crippen molar-refractivity contribution >= 4 is 15.9 Å². The lowest BCUT2D eigenvalue weighted by molar-refractivity contribution is 0.515. The third-order valence-electron chi connectivity index (χ3n) is 3.82. The van der Waals surface area contributed by atoms with Gasteiger partial charge in [-0.2, -0.15) is 5.10 Å². The molecule has 1 aromatic heterocycles. The number of hydrogen-bond donors (Lipinski definition) is 1. The van der Waals surface area contributed by atoms with E-state index in [4.69, 9.17) is 0 Å². The second-order valence-corrected chi connectivity index (χ2v) is 6.69. The van der Waals surface area contributed by atoms with Gasteiger partial charge in [-0.1, -0.05) is 28.1 Å². The third-order valence-corrected chi connectivity index (χ3v) is 5.07. The number of aromatic nitrogens is 2. The largest absolute Gasteiger partial charge is 0.313 e. The number of nitrogens with zero attached hydrogens (tertiary/aromatic N) is 2. The zero-order chi connectivity index (χ0) is 15.6. The SMILES string of the molecule is CNC(Cc1ccn(C(C)C)n1)c1cc(C)c(Br)c(C)c1. The molecule has 1 atom stereocenters. The number of hydrogen-bond acceptors (Lipinski definition) is 2. The van der Waals surface area contributed by atoms with Crippen molar-refractivity contribution in [1.29, 1.82) is 0 Å². The van der Waals surface area contributed by atoms with Crippen LogP contribution in [0.5, 0.6) is 0 Å². The first-order valence-corrected chi connectivity index (χ1v) is 8.19. The molecule has 1 heterocycles. The average Bonchev–Trinajstić information content (AvgIpc) is 2.90. The van der Waals surface area contributed by atoms with Crippen molar-refractivity contribution in [3.63, 3.8) is 0 Å². The Morgan fingerprint density at radius 3 is 2.33 bits per heavy atom. The van der Waals surface area contributed by atoms with E-state index in [0.717, 1.165) is 12.1 Å². The Balaban J connectivity index is 2.23. The van der Waals surface area contributed by atoms with E-state index in [1.54, 1.807) is 0 Å². The normalized spacial score (nSPS) is 12.9. The van der Waals surface area contributed by atoms with Crippen LogP contribution in [0.3, 0.4) is 0 Å². The fourth-order valence-corrected chi connectivity index (χ4v) is 2.78. The van der Waals surface area contributed by atoms with Gasteiger partial charge in [-0.05, 0) is 57.5 Å². The first-order chi connectivity index (χ1) is 9.92. The summed E-state index contributed by atoms with van der Waals surface area (Å²) < 4.78 is 3.21. The zero-order valence-corrected chi connectivity index (χ0v) is 15.0. The van der Waals surface area contributed by atoms with Crippen LogP contribution in [0.15, 0.2) is 28.9 Å². The van der Waals surface area contributed by atoms with E-state index >= 15 is 0 Å². The molecular formula is C17H24BrN3. The van der Waals surface area contributed by atoms with Gasteiger partial charge in [0.1, 0.15) is 0 Å². The molecule has 0 saturated heterocycles. The van der Waals surface area contributed by atoms with Gasteiger partial charge in [-0.3, -0.25) is 4.68 Å². The Kier molecular flexibility index (Phi) is 5.22. The third kappa shape index (κ3) is 3.74. The molecular weight excluding hydrogens is 326 g/mol. The van der Waals surface area contributed by atoms with Crippen molar-refractivity contribution in [2.75, 3.05) is 7.05 Å². The van der Waals surface area contributed by atoms with Crippen LogP contribution in [0.2, 0.25) is 0 Å². The molecule has 0 aliphatic heterocycles. The molecule has 0 spiro atoms. The summed E-state index contributed by atoms with van der Waals surface area (Å²) in [6.45, 7) is 8.57. The minimum Gasteiger partial charge on any atom is -0.313 e. The standard InChI is InChI=1S/C17H24BrN3/c1-11(2)21-7-6-15(20-21)10-16(19-5)14-8-12(3)17(18)13(4)9-14/h6-9,11,16,19H,10H2,1-5H3. The Morgan fingerprint density at radius 1 is 1.24 bits per heavy atom. The van der Waals surface area contributed by atoms with Gasteiger partial charge in [0.15, 0.2) is 0 Å². The van der Waals surface area contributed by atoms with Crippen molar-refractivity contribution in [1.82, 2.24) is 15.1 Å². The van der Waals surface area contributed by atoms with Gasteiger partial charge in [0, 0.05) is 29.2 Å². The lowest BCUT2D eigenvalue weighted by Crippen LogP contribution is -2.19. The fraction of sp³-hybridized carbons (Fsp3) is 0.471. The van der Waals surface area contributed by atoms with Crippen molar-refractivity contribution in [2.45, 2.75) is 46.2 Å². The van der Waals surface area contributed by atoms with Crippen molar-refractivity contribution < 1.29 is 0 Å². The molecule has 1 aromatic carbocycles. The molecule has 4 heteroatoms. The predicted octanol–water partition coefficient (Wildman–Crippen LogP) is 4.35. The monoisotopic (exact) mass is 349 g/mol. The Bertz CT molecular complexity index is 593. The number of benzene rings is 1. The lowest BCUT2D eigenvalue weighted by atomic mass is 9.98. The van der Waals surface area contributed by atoms with Gasteiger partial charge >= 0.3 is 0 Å². The summed E-state index contributed by atoms with van der Waals surface area (Å²) in [7, 11) is 2.01. The molecule has 0 saturated carbocycles.